The molecule has 0 spiro atoms. The van der Waals surface area contributed by atoms with Gasteiger partial charge in [-0.2, -0.15) is 13.2 Å². The van der Waals surface area contributed by atoms with E-state index in [4.69, 9.17) is 0 Å². The number of hydrogen-bond donors (Lipinski definition) is 1. The second kappa shape index (κ2) is 7.13. The number of carbonyl (C=O) groups is 2. The Kier molecular flexibility index (Phi) is 5.07. The number of benzene rings is 1. The topological polar surface area (TPSA) is 51.1 Å². The van der Waals surface area contributed by atoms with Gasteiger partial charge in [-0.25, -0.2) is 0 Å². The minimum atomic E-state index is -4.95. The number of hydrogen-bond acceptors (Lipinski definition) is 2. The van der Waals surface area contributed by atoms with Gasteiger partial charge in [0, 0.05) is 17.6 Å². The molecular weight excluding hydrogens is 345 g/mol. The molecule has 1 N–H and O–H groups in total. The third-order valence-electron chi connectivity index (χ3n) is 4.90. The second-order valence-electron chi connectivity index (χ2n) is 6.71. The van der Waals surface area contributed by atoms with Crippen molar-refractivity contribution in [3.8, 4) is 0 Å². The molecule has 1 saturated carbocycles. The molecule has 0 radical (unpaired) electrons. The van der Waals surface area contributed by atoms with Gasteiger partial charge in [-0.15, -0.1) is 0 Å². The highest BCUT2D eigenvalue weighted by atomic mass is 19.4. The Labute approximate surface area is 149 Å². The Bertz CT molecular complexity index is 833. The number of aromatic nitrogens is 1. The molecule has 7 heteroatoms. The predicted octanol–water partition coefficient (Wildman–Crippen LogP) is 4.01. The molecule has 0 atom stereocenters. The first-order valence-corrected chi connectivity index (χ1v) is 8.83. The monoisotopic (exact) mass is 366 g/mol. The second-order valence-corrected chi connectivity index (χ2v) is 6.71. The summed E-state index contributed by atoms with van der Waals surface area (Å²) in [5, 5.41) is 3.17. The Morgan fingerprint density at radius 3 is 2.54 bits per heavy atom. The van der Waals surface area contributed by atoms with Crippen LogP contribution < -0.4 is 5.32 Å². The number of amides is 1. The van der Waals surface area contributed by atoms with Crippen molar-refractivity contribution in [2.24, 2.45) is 0 Å². The van der Waals surface area contributed by atoms with Crippen LogP contribution in [-0.4, -0.2) is 28.5 Å². The minimum absolute atomic E-state index is 0.102. The lowest BCUT2D eigenvalue weighted by Gasteiger charge is -2.13. The molecule has 0 saturated heterocycles. The number of rotatable bonds is 5. The molecule has 26 heavy (non-hydrogen) atoms. The zero-order valence-electron chi connectivity index (χ0n) is 14.5. The predicted molar refractivity (Wildman–Crippen MR) is 92.1 cm³/mol. The molecule has 1 aliphatic carbocycles. The Balaban J connectivity index is 1.98. The average Bonchev–Trinajstić information content (AvgIpc) is 3.21. The molecular formula is C19H21F3N2O2. The number of Topliss-reactive ketones (excluding diaryl/α,β-unsaturated/α-hetero) is 1. The van der Waals surface area contributed by atoms with E-state index >= 15 is 0 Å². The highest BCUT2D eigenvalue weighted by Crippen LogP contribution is 2.30. The minimum Gasteiger partial charge on any atom is -0.352 e. The first kappa shape index (κ1) is 18.5. The fraction of sp³-hybridized carbons (Fsp3) is 0.474. The summed E-state index contributed by atoms with van der Waals surface area (Å²) in [4.78, 5) is 24.2. The average molecular weight is 366 g/mol. The molecule has 0 bridgehead atoms. The van der Waals surface area contributed by atoms with Gasteiger partial charge in [-0.05, 0) is 24.8 Å². The van der Waals surface area contributed by atoms with Crippen LogP contribution in [0.25, 0.3) is 10.9 Å². The standard InChI is InChI=1S/C19H21F3N2O2/c1-2-12-6-5-9-14-15(18(26)19(20,21)22)10-24(17(12)14)11-16(25)23-13-7-3-4-8-13/h5-6,9-10,13H,2-4,7-8,11H2,1H3,(H,23,25). The van der Waals surface area contributed by atoms with Crippen molar-refractivity contribution < 1.29 is 22.8 Å². The zero-order chi connectivity index (χ0) is 18.9. The van der Waals surface area contributed by atoms with Crippen molar-refractivity contribution in [1.82, 2.24) is 9.88 Å². The smallest absolute Gasteiger partial charge is 0.352 e. The van der Waals surface area contributed by atoms with Gasteiger partial charge in [0.05, 0.1) is 11.1 Å². The van der Waals surface area contributed by atoms with Crippen LogP contribution in [0, 0.1) is 0 Å². The quantitative estimate of drug-likeness (QED) is 0.813. The van der Waals surface area contributed by atoms with Crippen molar-refractivity contribution in [2.45, 2.75) is 57.8 Å². The lowest BCUT2D eigenvalue weighted by atomic mass is 10.0. The van der Waals surface area contributed by atoms with Crippen LogP contribution in [0.5, 0.6) is 0 Å². The van der Waals surface area contributed by atoms with Crippen molar-refractivity contribution in [1.29, 1.82) is 0 Å². The third kappa shape index (κ3) is 3.61. The summed E-state index contributed by atoms with van der Waals surface area (Å²) in [6.45, 7) is 1.78. The molecule has 4 nitrogen and oxygen atoms in total. The Morgan fingerprint density at radius 1 is 1.23 bits per heavy atom. The summed E-state index contributed by atoms with van der Waals surface area (Å²) in [6, 6.07) is 5.07. The normalized spacial score (nSPS) is 15.5. The third-order valence-corrected chi connectivity index (χ3v) is 4.90. The van der Waals surface area contributed by atoms with Gasteiger partial charge in [0.1, 0.15) is 6.54 Å². The first-order valence-electron chi connectivity index (χ1n) is 8.83. The summed E-state index contributed by atoms with van der Waals surface area (Å²) in [5.41, 5.74) is 0.915. The molecule has 140 valence electrons. The van der Waals surface area contributed by atoms with Crippen LogP contribution in [0.2, 0.25) is 0 Å². The maximum Gasteiger partial charge on any atom is 0.454 e. The Morgan fingerprint density at radius 2 is 1.92 bits per heavy atom. The molecule has 1 amide bonds. The molecule has 2 aromatic rings. The van der Waals surface area contributed by atoms with E-state index < -0.39 is 17.5 Å². The Hall–Kier alpha value is -2.31. The van der Waals surface area contributed by atoms with E-state index in [0.717, 1.165) is 37.4 Å². The van der Waals surface area contributed by atoms with Crippen LogP contribution in [0.4, 0.5) is 13.2 Å². The number of alkyl halides is 3. The van der Waals surface area contributed by atoms with E-state index in [0.29, 0.717) is 11.9 Å². The van der Waals surface area contributed by atoms with E-state index in [-0.39, 0.29) is 23.9 Å². The molecule has 0 aliphatic heterocycles. The maximum absolute atomic E-state index is 12.9. The number of para-hydroxylation sites is 1. The molecule has 0 unspecified atom stereocenters. The zero-order valence-corrected chi connectivity index (χ0v) is 14.5. The number of nitrogens with zero attached hydrogens (tertiary/aromatic N) is 1. The van der Waals surface area contributed by atoms with Crippen LogP contribution in [0.15, 0.2) is 24.4 Å². The van der Waals surface area contributed by atoms with Gasteiger partial charge in [0.25, 0.3) is 5.78 Å². The van der Waals surface area contributed by atoms with E-state index in [1.165, 1.54) is 10.6 Å². The van der Waals surface area contributed by atoms with Gasteiger partial charge >= 0.3 is 6.18 Å². The van der Waals surface area contributed by atoms with Crippen molar-refractivity contribution in [2.75, 3.05) is 0 Å². The molecule has 1 heterocycles. The molecule has 1 fully saturated rings. The van der Waals surface area contributed by atoms with Crippen LogP contribution >= 0.6 is 0 Å². The molecule has 1 aromatic heterocycles. The SMILES string of the molecule is CCc1cccc2c(C(=O)C(F)(F)F)cn(CC(=O)NC3CCCC3)c12. The lowest BCUT2D eigenvalue weighted by Crippen LogP contribution is -2.35. The van der Waals surface area contributed by atoms with Crippen LogP contribution in [0.1, 0.15) is 48.5 Å². The summed E-state index contributed by atoms with van der Waals surface area (Å²) >= 11 is 0. The fourth-order valence-electron chi connectivity index (χ4n) is 3.68. The van der Waals surface area contributed by atoms with Crippen molar-refractivity contribution in [3.05, 3.63) is 35.5 Å². The van der Waals surface area contributed by atoms with E-state index in [1.54, 1.807) is 12.1 Å². The maximum atomic E-state index is 12.9. The summed E-state index contributed by atoms with van der Waals surface area (Å²) < 4.78 is 40.3. The van der Waals surface area contributed by atoms with Gasteiger partial charge in [-0.1, -0.05) is 38.0 Å². The first-order chi connectivity index (χ1) is 12.3. The highest BCUT2D eigenvalue weighted by molar-refractivity contribution is 6.11. The van der Waals surface area contributed by atoms with E-state index in [1.807, 2.05) is 6.92 Å². The number of ketones is 1. The van der Waals surface area contributed by atoms with Gasteiger partial charge in [0.15, 0.2) is 0 Å². The van der Waals surface area contributed by atoms with Gasteiger partial charge < -0.3 is 9.88 Å². The largest absolute Gasteiger partial charge is 0.454 e. The number of aryl methyl sites for hydroxylation is 1. The summed E-state index contributed by atoms with van der Waals surface area (Å²) in [7, 11) is 0. The number of nitrogens with one attached hydrogen (secondary N) is 1. The molecule has 3 rings (SSSR count). The number of fused-ring (bicyclic) bond motifs is 1. The van der Waals surface area contributed by atoms with Gasteiger partial charge in [-0.3, -0.25) is 9.59 Å². The fourth-order valence-corrected chi connectivity index (χ4v) is 3.68. The van der Waals surface area contributed by atoms with E-state index in [2.05, 4.69) is 5.32 Å². The molecule has 1 aromatic carbocycles. The van der Waals surface area contributed by atoms with Crippen LogP contribution in [0.3, 0.4) is 0 Å². The van der Waals surface area contributed by atoms with Gasteiger partial charge in [0.2, 0.25) is 5.91 Å². The number of halogens is 3. The highest BCUT2D eigenvalue weighted by Gasteiger charge is 2.41. The van der Waals surface area contributed by atoms with Crippen LogP contribution in [-0.2, 0) is 17.8 Å². The van der Waals surface area contributed by atoms with E-state index in [9.17, 15) is 22.8 Å². The summed E-state index contributed by atoms with van der Waals surface area (Å²) in [5.74, 6) is -2.13. The summed E-state index contributed by atoms with van der Waals surface area (Å²) in [6.07, 6.45) is 0.794. The molecule has 1 aliphatic rings. The lowest BCUT2D eigenvalue weighted by molar-refractivity contribution is -0.122. The number of carbonyl (C=O) groups excluding carboxylic acids is 2. The van der Waals surface area contributed by atoms with Crippen molar-refractivity contribution >= 4 is 22.6 Å². The van der Waals surface area contributed by atoms with Crippen molar-refractivity contribution in [3.63, 3.8) is 0 Å².